The lowest BCUT2D eigenvalue weighted by Gasteiger charge is -2.38. The Balaban J connectivity index is 2.87. The summed E-state index contributed by atoms with van der Waals surface area (Å²) in [6, 6.07) is 7.29. The third kappa shape index (κ3) is 3.78. The molecule has 0 unspecified atom stereocenters. The molecule has 19 heavy (non-hydrogen) atoms. The predicted molar refractivity (Wildman–Crippen MR) is 75.0 cm³/mol. The minimum atomic E-state index is -0.868. The number of hydrogen-bond donors (Lipinski definition) is 2. The fourth-order valence-corrected chi connectivity index (χ4v) is 1.52. The molecule has 0 aliphatic carbocycles. The zero-order chi connectivity index (χ0) is 14.7. The van der Waals surface area contributed by atoms with Crippen LogP contribution >= 0.6 is 0 Å². The lowest BCUT2D eigenvalue weighted by atomic mass is 9.85. The molecule has 0 saturated heterocycles. The van der Waals surface area contributed by atoms with E-state index in [4.69, 9.17) is 4.74 Å². The van der Waals surface area contributed by atoms with Gasteiger partial charge in [-0.2, -0.15) is 0 Å². The summed E-state index contributed by atoms with van der Waals surface area (Å²) in [6.07, 6.45) is 0. The first-order valence-corrected chi connectivity index (χ1v) is 6.32. The van der Waals surface area contributed by atoms with Gasteiger partial charge in [0.15, 0.2) is 0 Å². The molecule has 0 atom stereocenters. The second-order valence-corrected chi connectivity index (χ2v) is 5.69. The van der Waals surface area contributed by atoms with Crippen molar-refractivity contribution in [1.82, 2.24) is 5.32 Å². The second-order valence-electron chi connectivity index (χ2n) is 5.69. The van der Waals surface area contributed by atoms with E-state index in [1.807, 2.05) is 26.0 Å². The van der Waals surface area contributed by atoms with Crippen molar-refractivity contribution in [3.8, 4) is 0 Å². The Hall–Kier alpha value is -1.39. The van der Waals surface area contributed by atoms with E-state index in [2.05, 4.69) is 5.32 Å². The smallest absolute Gasteiger partial charge is 0.338 e. The van der Waals surface area contributed by atoms with Crippen molar-refractivity contribution in [3.05, 3.63) is 35.4 Å². The van der Waals surface area contributed by atoms with Crippen LogP contribution in [0.4, 0.5) is 0 Å². The van der Waals surface area contributed by atoms with Crippen molar-refractivity contribution in [2.75, 3.05) is 7.11 Å². The molecular formula is C15H23NO3. The summed E-state index contributed by atoms with van der Waals surface area (Å²) in [4.78, 5) is 11.7. The highest BCUT2D eigenvalue weighted by atomic mass is 16.5. The zero-order valence-electron chi connectivity index (χ0n) is 12.3. The average Bonchev–Trinajstić information content (AvgIpc) is 2.34. The van der Waals surface area contributed by atoms with Gasteiger partial charge >= 0.3 is 5.97 Å². The normalized spacial score (nSPS) is 12.3. The van der Waals surface area contributed by atoms with E-state index in [-0.39, 0.29) is 5.97 Å². The second kappa shape index (κ2) is 5.72. The number of rotatable bonds is 5. The minimum absolute atomic E-state index is 0.349. The lowest BCUT2D eigenvalue weighted by molar-refractivity contribution is -0.00534. The van der Waals surface area contributed by atoms with E-state index in [1.165, 1.54) is 7.11 Å². The van der Waals surface area contributed by atoms with E-state index in [9.17, 15) is 9.90 Å². The summed E-state index contributed by atoms with van der Waals surface area (Å²) < 4.78 is 4.76. The number of benzene rings is 1. The fraction of sp³-hybridized carbons (Fsp3) is 0.533. The van der Waals surface area contributed by atoms with Gasteiger partial charge in [0.25, 0.3) is 0 Å². The Bertz CT molecular complexity index is 447. The van der Waals surface area contributed by atoms with Gasteiger partial charge in [0.1, 0.15) is 0 Å². The first kappa shape index (κ1) is 15.7. The number of aliphatic hydroxyl groups is 1. The van der Waals surface area contributed by atoms with Crippen LogP contribution in [0.15, 0.2) is 24.3 Å². The average molecular weight is 265 g/mol. The van der Waals surface area contributed by atoms with Crippen LogP contribution in [0.25, 0.3) is 0 Å². The van der Waals surface area contributed by atoms with E-state index in [1.54, 1.807) is 26.0 Å². The van der Waals surface area contributed by atoms with Crippen molar-refractivity contribution in [3.63, 3.8) is 0 Å². The van der Waals surface area contributed by atoms with Gasteiger partial charge in [-0.15, -0.1) is 0 Å². The topological polar surface area (TPSA) is 58.6 Å². The van der Waals surface area contributed by atoms with E-state index in [0.717, 1.165) is 5.56 Å². The number of methoxy groups -OCH3 is 1. The maximum atomic E-state index is 11.7. The molecule has 0 aliphatic heterocycles. The number of hydrogen-bond acceptors (Lipinski definition) is 4. The zero-order valence-corrected chi connectivity index (χ0v) is 12.3. The van der Waals surface area contributed by atoms with Crippen LogP contribution in [0.3, 0.4) is 0 Å². The van der Waals surface area contributed by atoms with E-state index < -0.39 is 11.1 Å². The van der Waals surface area contributed by atoms with Gasteiger partial charge in [-0.3, -0.25) is 0 Å². The Morgan fingerprint density at radius 2 is 1.84 bits per heavy atom. The molecule has 0 saturated carbocycles. The molecule has 2 N–H and O–H groups in total. The Kier molecular flexibility index (Phi) is 4.71. The summed E-state index contributed by atoms with van der Waals surface area (Å²) in [6.45, 7) is 7.85. The molecule has 4 nitrogen and oxygen atoms in total. The van der Waals surface area contributed by atoms with Crippen molar-refractivity contribution in [2.24, 2.45) is 0 Å². The molecule has 0 bridgehead atoms. The molecule has 1 rings (SSSR count). The van der Waals surface area contributed by atoms with Gasteiger partial charge in [0.2, 0.25) is 0 Å². The summed E-state index contributed by atoms with van der Waals surface area (Å²) in [5, 5.41) is 13.4. The molecule has 0 aliphatic rings. The Labute approximate surface area is 114 Å². The van der Waals surface area contributed by atoms with Gasteiger partial charge in [-0.05, 0) is 39.3 Å². The van der Waals surface area contributed by atoms with Crippen molar-refractivity contribution in [2.45, 2.75) is 45.4 Å². The number of carbonyl (C=O) groups is 1. The van der Waals surface area contributed by atoms with Crippen LogP contribution in [-0.2, 0) is 11.3 Å². The number of nitrogens with one attached hydrogen (secondary N) is 1. The quantitative estimate of drug-likeness (QED) is 0.801. The van der Waals surface area contributed by atoms with Crippen LogP contribution in [0.1, 0.15) is 43.6 Å². The minimum Gasteiger partial charge on any atom is -0.465 e. The van der Waals surface area contributed by atoms with Gasteiger partial charge < -0.3 is 15.2 Å². The third-order valence-electron chi connectivity index (χ3n) is 3.67. The van der Waals surface area contributed by atoms with Gasteiger partial charge in [-0.25, -0.2) is 4.79 Å². The summed E-state index contributed by atoms with van der Waals surface area (Å²) in [5.41, 5.74) is 0.0550. The number of carbonyl (C=O) groups excluding carboxylic acids is 1. The first-order chi connectivity index (χ1) is 8.69. The summed E-state index contributed by atoms with van der Waals surface area (Å²) in [7, 11) is 1.37. The third-order valence-corrected chi connectivity index (χ3v) is 3.67. The highest BCUT2D eigenvalue weighted by Gasteiger charge is 2.34. The van der Waals surface area contributed by atoms with Crippen LogP contribution < -0.4 is 5.32 Å². The van der Waals surface area contributed by atoms with Crippen molar-refractivity contribution in [1.29, 1.82) is 0 Å². The Morgan fingerprint density at radius 1 is 1.26 bits per heavy atom. The molecular weight excluding hydrogens is 242 g/mol. The van der Waals surface area contributed by atoms with Gasteiger partial charge in [0, 0.05) is 12.1 Å². The van der Waals surface area contributed by atoms with Crippen LogP contribution in [0.2, 0.25) is 0 Å². The molecule has 4 heteroatoms. The van der Waals surface area contributed by atoms with Gasteiger partial charge in [0.05, 0.1) is 18.3 Å². The summed E-state index contributed by atoms with van der Waals surface area (Å²) >= 11 is 0. The van der Waals surface area contributed by atoms with Crippen molar-refractivity contribution < 1.29 is 14.6 Å². The molecule has 1 aromatic rings. The molecule has 106 valence electrons. The molecule has 0 aromatic heterocycles. The van der Waals surface area contributed by atoms with E-state index >= 15 is 0 Å². The molecule has 0 spiro atoms. The fourth-order valence-electron chi connectivity index (χ4n) is 1.52. The van der Waals surface area contributed by atoms with Crippen LogP contribution in [0.5, 0.6) is 0 Å². The maximum absolute atomic E-state index is 11.7. The molecule has 1 aromatic carbocycles. The monoisotopic (exact) mass is 265 g/mol. The molecule has 0 heterocycles. The van der Waals surface area contributed by atoms with E-state index in [0.29, 0.717) is 12.1 Å². The van der Waals surface area contributed by atoms with Crippen molar-refractivity contribution >= 4 is 5.97 Å². The molecule has 0 amide bonds. The first-order valence-electron chi connectivity index (χ1n) is 6.32. The SMILES string of the molecule is COC(=O)c1ccccc1CNC(C)(C)C(C)(C)O. The highest BCUT2D eigenvalue weighted by Crippen LogP contribution is 2.21. The van der Waals surface area contributed by atoms with Crippen LogP contribution in [0, 0.1) is 0 Å². The van der Waals surface area contributed by atoms with Gasteiger partial charge in [-0.1, -0.05) is 18.2 Å². The standard InChI is InChI=1S/C15H23NO3/c1-14(2,15(3,4)18)16-10-11-8-6-7-9-12(11)13(17)19-5/h6-9,16,18H,10H2,1-5H3. The predicted octanol–water partition coefficient (Wildman–Crippen LogP) is 2.11. The largest absolute Gasteiger partial charge is 0.465 e. The molecule has 0 radical (unpaired) electrons. The Morgan fingerprint density at radius 3 is 2.37 bits per heavy atom. The van der Waals surface area contributed by atoms with Crippen LogP contribution in [-0.4, -0.2) is 29.3 Å². The lowest BCUT2D eigenvalue weighted by Crippen LogP contribution is -2.55. The summed E-state index contributed by atoms with van der Waals surface area (Å²) in [5.74, 6) is -0.349. The number of ether oxygens (including phenoxy) is 1. The highest BCUT2D eigenvalue weighted by molar-refractivity contribution is 5.90. The molecule has 0 fully saturated rings. The maximum Gasteiger partial charge on any atom is 0.338 e. The number of esters is 1.